The summed E-state index contributed by atoms with van der Waals surface area (Å²) in [6.45, 7) is 2.13. The molecule has 0 amide bonds. The van der Waals surface area contributed by atoms with Gasteiger partial charge < -0.3 is 5.11 Å². The number of unbranched alkanes of at least 4 members (excludes halogenated alkanes) is 1. The number of hydrogen-bond acceptors (Lipinski definition) is 2. The SMILES string of the molecule is CCCCc1[nH]nc(-c2ccccc2)c1O. The molecule has 1 heterocycles. The van der Waals surface area contributed by atoms with Gasteiger partial charge in [-0.15, -0.1) is 0 Å². The summed E-state index contributed by atoms with van der Waals surface area (Å²) in [5, 5.41) is 17.1. The maximum atomic E-state index is 10.0. The molecule has 0 saturated carbocycles. The Hall–Kier alpha value is -1.77. The van der Waals surface area contributed by atoms with E-state index in [-0.39, 0.29) is 0 Å². The third-order valence-electron chi connectivity index (χ3n) is 2.64. The van der Waals surface area contributed by atoms with Gasteiger partial charge in [0, 0.05) is 5.56 Å². The van der Waals surface area contributed by atoms with Crippen LogP contribution in [0.3, 0.4) is 0 Å². The van der Waals surface area contributed by atoms with Crippen LogP contribution in [0.4, 0.5) is 0 Å². The maximum Gasteiger partial charge on any atom is 0.164 e. The van der Waals surface area contributed by atoms with Crippen LogP contribution in [-0.2, 0) is 6.42 Å². The molecule has 2 rings (SSSR count). The standard InChI is InChI=1S/C13H16N2O/c1-2-3-9-11-13(16)12(15-14-11)10-7-5-4-6-8-10/h4-8,16H,2-3,9H2,1H3,(H,14,15). The van der Waals surface area contributed by atoms with Crippen LogP contribution in [-0.4, -0.2) is 15.3 Å². The minimum atomic E-state index is 0.291. The average molecular weight is 216 g/mol. The molecule has 1 aromatic heterocycles. The van der Waals surface area contributed by atoms with Crippen molar-refractivity contribution in [3.05, 3.63) is 36.0 Å². The van der Waals surface area contributed by atoms with Gasteiger partial charge in [0.1, 0.15) is 5.69 Å². The molecule has 2 aromatic rings. The van der Waals surface area contributed by atoms with Crippen molar-refractivity contribution in [1.82, 2.24) is 10.2 Å². The molecule has 0 unspecified atom stereocenters. The average Bonchev–Trinajstić information content (AvgIpc) is 2.69. The van der Waals surface area contributed by atoms with Gasteiger partial charge in [0.15, 0.2) is 5.75 Å². The van der Waals surface area contributed by atoms with E-state index >= 15 is 0 Å². The Bertz CT molecular complexity index is 448. The number of hydrogen-bond donors (Lipinski definition) is 2. The first-order valence-electron chi connectivity index (χ1n) is 5.64. The normalized spacial score (nSPS) is 10.6. The number of H-pyrrole nitrogens is 1. The van der Waals surface area contributed by atoms with Crippen LogP contribution in [0.5, 0.6) is 5.75 Å². The molecule has 0 atom stereocenters. The van der Waals surface area contributed by atoms with Gasteiger partial charge in [0.25, 0.3) is 0 Å². The maximum absolute atomic E-state index is 10.0. The molecular weight excluding hydrogens is 200 g/mol. The second-order valence-electron chi connectivity index (χ2n) is 3.87. The third-order valence-corrected chi connectivity index (χ3v) is 2.64. The lowest BCUT2D eigenvalue weighted by Crippen LogP contribution is -1.84. The van der Waals surface area contributed by atoms with Crippen molar-refractivity contribution in [3.8, 4) is 17.0 Å². The van der Waals surface area contributed by atoms with E-state index in [0.717, 1.165) is 30.5 Å². The number of nitrogens with zero attached hydrogens (tertiary/aromatic N) is 1. The molecule has 2 N–H and O–H groups in total. The smallest absolute Gasteiger partial charge is 0.164 e. The molecule has 0 radical (unpaired) electrons. The van der Waals surface area contributed by atoms with Crippen molar-refractivity contribution >= 4 is 0 Å². The lowest BCUT2D eigenvalue weighted by molar-refractivity contribution is 0.469. The van der Waals surface area contributed by atoms with Crippen molar-refractivity contribution in [2.24, 2.45) is 0 Å². The van der Waals surface area contributed by atoms with Crippen LogP contribution in [0.2, 0.25) is 0 Å². The number of aromatic nitrogens is 2. The predicted molar refractivity (Wildman–Crippen MR) is 64.3 cm³/mol. The molecule has 1 aromatic carbocycles. The Balaban J connectivity index is 2.27. The van der Waals surface area contributed by atoms with Gasteiger partial charge in [-0.3, -0.25) is 5.10 Å². The number of nitrogens with one attached hydrogen (secondary N) is 1. The molecule has 84 valence electrons. The fraction of sp³-hybridized carbons (Fsp3) is 0.308. The van der Waals surface area contributed by atoms with Crippen LogP contribution in [0.25, 0.3) is 11.3 Å². The van der Waals surface area contributed by atoms with Crippen molar-refractivity contribution in [3.63, 3.8) is 0 Å². The fourth-order valence-electron chi connectivity index (χ4n) is 1.70. The van der Waals surface area contributed by atoms with E-state index in [2.05, 4.69) is 17.1 Å². The van der Waals surface area contributed by atoms with Gasteiger partial charge >= 0.3 is 0 Å². The van der Waals surface area contributed by atoms with E-state index in [1.54, 1.807) is 0 Å². The van der Waals surface area contributed by atoms with Crippen LogP contribution < -0.4 is 0 Å². The largest absolute Gasteiger partial charge is 0.504 e. The molecular formula is C13H16N2O. The summed E-state index contributed by atoms with van der Waals surface area (Å²) in [6, 6.07) is 9.72. The molecule has 16 heavy (non-hydrogen) atoms. The van der Waals surface area contributed by atoms with Gasteiger partial charge in [-0.05, 0) is 12.8 Å². The van der Waals surface area contributed by atoms with Crippen LogP contribution in [0.15, 0.2) is 30.3 Å². The van der Waals surface area contributed by atoms with E-state index in [0.29, 0.717) is 11.4 Å². The molecule has 0 aliphatic carbocycles. The number of aromatic hydroxyl groups is 1. The zero-order valence-corrected chi connectivity index (χ0v) is 9.40. The first kappa shape index (κ1) is 10.7. The van der Waals surface area contributed by atoms with E-state index in [4.69, 9.17) is 0 Å². The first-order valence-corrected chi connectivity index (χ1v) is 5.64. The van der Waals surface area contributed by atoms with Crippen LogP contribution in [0, 0.1) is 0 Å². The van der Waals surface area contributed by atoms with Crippen molar-refractivity contribution < 1.29 is 5.11 Å². The van der Waals surface area contributed by atoms with Gasteiger partial charge in [-0.1, -0.05) is 43.7 Å². The zero-order chi connectivity index (χ0) is 11.4. The lowest BCUT2D eigenvalue weighted by Gasteiger charge is -1.98. The predicted octanol–water partition coefficient (Wildman–Crippen LogP) is 3.12. The Morgan fingerprint density at radius 1 is 1.25 bits per heavy atom. The first-order chi connectivity index (χ1) is 7.83. The highest BCUT2D eigenvalue weighted by Gasteiger charge is 2.12. The molecule has 0 aliphatic rings. The Morgan fingerprint density at radius 3 is 2.69 bits per heavy atom. The highest BCUT2D eigenvalue weighted by Crippen LogP contribution is 2.30. The van der Waals surface area contributed by atoms with E-state index in [1.165, 1.54) is 0 Å². The van der Waals surface area contributed by atoms with Crippen LogP contribution >= 0.6 is 0 Å². The molecule has 0 spiro atoms. The van der Waals surface area contributed by atoms with Gasteiger partial charge in [-0.2, -0.15) is 5.10 Å². The minimum absolute atomic E-state index is 0.291. The topological polar surface area (TPSA) is 48.9 Å². The number of rotatable bonds is 4. The summed E-state index contributed by atoms with van der Waals surface area (Å²) < 4.78 is 0. The minimum Gasteiger partial charge on any atom is -0.504 e. The van der Waals surface area contributed by atoms with Crippen molar-refractivity contribution in [1.29, 1.82) is 0 Å². The Labute approximate surface area is 95.1 Å². The summed E-state index contributed by atoms with van der Waals surface area (Å²) in [4.78, 5) is 0. The van der Waals surface area contributed by atoms with Crippen molar-refractivity contribution in [2.75, 3.05) is 0 Å². The van der Waals surface area contributed by atoms with Gasteiger partial charge in [0.2, 0.25) is 0 Å². The Kier molecular flexibility index (Phi) is 3.25. The van der Waals surface area contributed by atoms with Crippen molar-refractivity contribution in [2.45, 2.75) is 26.2 Å². The summed E-state index contributed by atoms with van der Waals surface area (Å²) in [7, 11) is 0. The summed E-state index contributed by atoms with van der Waals surface area (Å²) >= 11 is 0. The number of benzene rings is 1. The second kappa shape index (κ2) is 4.84. The fourth-order valence-corrected chi connectivity index (χ4v) is 1.70. The van der Waals surface area contributed by atoms with E-state index in [9.17, 15) is 5.11 Å². The zero-order valence-electron chi connectivity index (χ0n) is 9.40. The lowest BCUT2D eigenvalue weighted by atomic mass is 10.1. The quantitative estimate of drug-likeness (QED) is 0.824. The Morgan fingerprint density at radius 2 is 2.00 bits per heavy atom. The molecule has 0 fully saturated rings. The highest BCUT2D eigenvalue weighted by molar-refractivity contribution is 5.66. The monoisotopic (exact) mass is 216 g/mol. The third kappa shape index (κ3) is 2.08. The summed E-state index contributed by atoms with van der Waals surface area (Å²) in [5.41, 5.74) is 2.42. The molecule has 3 nitrogen and oxygen atoms in total. The van der Waals surface area contributed by atoms with Gasteiger partial charge in [0.05, 0.1) is 5.69 Å². The summed E-state index contributed by atoms with van der Waals surface area (Å²) in [5.74, 6) is 0.291. The number of aromatic amines is 1. The summed E-state index contributed by atoms with van der Waals surface area (Å²) in [6.07, 6.45) is 3.02. The van der Waals surface area contributed by atoms with E-state index < -0.39 is 0 Å². The van der Waals surface area contributed by atoms with Gasteiger partial charge in [-0.25, -0.2) is 0 Å². The highest BCUT2D eigenvalue weighted by atomic mass is 16.3. The van der Waals surface area contributed by atoms with E-state index in [1.807, 2.05) is 30.3 Å². The second-order valence-corrected chi connectivity index (χ2v) is 3.87. The molecule has 3 heteroatoms. The number of aryl methyl sites for hydroxylation is 1. The molecule has 0 aliphatic heterocycles. The molecule has 0 bridgehead atoms. The molecule has 0 saturated heterocycles. The van der Waals surface area contributed by atoms with Crippen LogP contribution in [0.1, 0.15) is 25.5 Å².